The first-order valence-corrected chi connectivity index (χ1v) is 16.7. The number of benzene rings is 1. The average Bonchev–Trinajstić information content (AvgIpc) is 3.43. The molecule has 0 aliphatic rings. The summed E-state index contributed by atoms with van der Waals surface area (Å²) in [5.74, 6) is 0. The summed E-state index contributed by atoms with van der Waals surface area (Å²) in [5.41, 5.74) is 7.45. The maximum Gasteiger partial charge on any atom is 0.0102 e. The SMILES string of the molecule is C.CC(C)(C)c1cccc(C(C)(C)C)c1.CC(C)(C)c1csc(C(C)(C)C)c1.CC(C)(C)c1csc(C(C)(C)C)c1. The third-order valence-electron chi connectivity index (χ3n) is 7.00. The quantitative estimate of drug-likeness (QED) is 0.241. The fraction of sp³-hybridized carbons (Fsp3) is 0.641. The van der Waals surface area contributed by atoms with Crippen molar-refractivity contribution in [3.8, 4) is 0 Å². The second-order valence-corrected chi connectivity index (χ2v) is 19.3. The van der Waals surface area contributed by atoms with Gasteiger partial charge in [-0.2, -0.15) is 0 Å². The van der Waals surface area contributed by atoms with Gasteiger partial charge in [0.2, 0.25) is 0 Å². The molecule has 0 aliphatic carbocycles. The molecule has 1 aromatic carbocycles. The van der Waals surface area contributed by atoms with Crippen molar-refractivity contribution in [2.45, 2.75) is 165 Å². The van der Waals surface area contributed by atoms with Gasteiger partial charge in [-0.15, -0.1) is 22.7 Å². The van der Waals surface area contributed by atoms with Gasteiger partial charge in [0.1, 0.15) is 0 Å². The minimum Gasteiger partial charge on any atom is -0.148 e. The van der Waals surface area contributed by atoms with E-state index in [0.29, 0.717) is 21.7 Å². The van der Waals surface area contributed by atoms with Crippen LogP contribution < -0.4 is 0 Å². The van der Waals surface area contributed by atoms with Crippen molar-refractivity contribution in [3.05, 3.63) is 79.2 Å². The molecule has 0 nitrogen and oxygen atoms in total. The first kappa shape index (κ1) is 39.6. The van der Waals surface area contributed by atoms with Crippen molar-refractivity contribution in [2.24, 2.45) is 0 Å². The maximum atomic E-state index is 2.35. The third kappa shape index (κ3) is 13.2. The Bertz CT molecular complexity index is 1030. The molecule has 0 unspecified atom stereocenters. The van der Waals surface area contributed by atoms with Gasteiger partial charge in [0.15, 0.2) is 0 Å². The van der Waals surface area contributed by atoms with Crippen LogP contribution in [0.3, 0.4) is 0 Å². The van der Waals surface area contributed by atoms with Crippen molar-refractivity contribution >= 4 is 22.7 Å². The lowest BCUT2D eigenvalue weighted by molar-refractivity contribution is 0.568. The standard InChI is InChI=1S/C14H22.2C12H20S.CH4/c1-13(2,3)11-8-7-9-12(10-11)14(4,5)6;2*1-11(2,3)9-7-10(13-8-9)12(4,5)6;/h7-10H,1-6H3;2*7-8H,1-6H3;1H4. The van der Waals surface area contributed by atoms with Gasteiger partial charge >= 0.3 is 0 Å². The molecule has 3 rings (SSSR count). The topological polar surface area (TPSA) is 0 Å². The summed E-state index contributed by atoms with van der Waals surface area (Å²) in [7, 11) is 0. The van der Waals surface area contributed by atoms with Crippen molar-refractivity contribution in [3.63, 3.8) is 0 Å². The Hall–Kier alpha value is -1.38. The molecule has 0 N–H and O–H groups in total. The van der Waals surface area contributed by atoms with Crippen molar-refractivity contribution < 1.29 is 0 Å². The predicted molar refractivity (Wildman–Crippen MR) is 194 cm³/mol. The molecule has 0 radical (unpaired) electrons. The van der Waals surface area contributed by atoms with Gasteiger partial charge in [0, 0.05) is 9.75 Å². The molecule has 2 aromatic heterocycles. The van der Waals surface area contributed by atoms with E-state index in [0.717, 1.165) is 0 Å². The second kappa shape index (κ2) is 13.9. The normalized spacial score (nSPS) is 12.9. The number of hydrogen-bond acceptors (Lipinski definition) is 2. The summed E-state index contributed by atoms with van der Waals surface area (Å²) >= 11 is 3.77. The maximum absolute atomic E-state index is 2.35. The largest absolute Gasteiger partial charge is 0.148 e. The van der Waals surface area contributed by atoms with Crippen LogP contribution in [0.2, 0.25) is 0 Å². The van der Waals surface area contributed by atoms with Crippen LogP contribution in [0, 0.1) is 0 Å². The van der Waals surface area contributed by atoms with Gasteiger partial charge in [-0.05, 0) is 77.6 Å². The first-order chi connectivity index (χ1) is 17.6. The molecule has 0 saturated carbocycles. The van der Waals surface area contributed by atoms with Crippen LogP contribution in [0.15, 0.2) is 47.2 Å². The lowest BCUT2D eigenvalue weighted by Gasteiger charge is -2.24. The molecule has 0 amide bonds. The molecule has 41 heavy (non-hydrogen) atoms. The summed E-state index contributed by atoms with van der Waals surface area (Å²) in [6, 6.07) is 13.6. The van der Waals surface area contributed by atoms with E-state index in [9.17, 15) is 0 Å². The smallest absolute Gasteiger partial charge is 0.0102 e. The van der Waals surface area contributed by atoms with Crippen LogP contribution >= 0.6 is 22.7 Å². The summed E-state index contributed by atoms with van der Waals surface area (Å²) in [6.45, 7) is 40.8. The second-order valence-electron chi connectivity index (χ2n) is 17.5. The van der Waals surface area contributed by atoms with E-state index in [4.69, 9.17) is 0 Å². The Morgan fingerprint density at radius 1 is 0.366 bits per heavy atom. The molecule has 0 bridgehead atoms. The van der Waals surface area contributed by atoms with Gasteiger partial charge in [-0.25, -0.2) is 0 Å². The third-order valence-corrected chi connectivity index (χ3v) is 9.72. The van der Waals surface area contributed by atoms with E-state index in [1.807, 2.05) is 22.7 Å². The molecule has 234 valence electrons. The summed E-state index contributed by atoms with van der Waals surface area (Å²) < 4.78 is 0. The van der Waals surface area contributed by atoms with E-state index < -0.39 is 0 Å². The van der Waals surface area contributed by atoms with Crippen LogP contribution in [-0.4, -0.2) is 0 Å². The molecule has 2 heteroatoms. The van der Waals surface area contributed by atoms with Gasteiger partial charge < -0.3 is 0 Å². The zero-order valence-electron chi connectivity index (χ0n) is 29.4. The Morgan fingerprint density at radius 3 is 0.805 bits per heavy atom. The van der Waals surface area contributed by atoms with Crippen molar-refractivity contribution in [1.82, 2.24) is 0 Å². The average molecular weight is 599 g/mol. The van der Waals surface area contributed by atoms with Gasteiger partial charge in [0.05, 0.1) is 0 Å². The van der Waals surface area contributed by atoms with Crippen LogP contribution in [0.5, 0.6) is 0 Å². The van der Waals surface area contributed by atoms with Crippen molar-refractivity contribution in [1.29, 1.82) is 0 Å². The highest BCUT2D eigenvalue weighted by Gasteiger charge is 2.22. The highest BCUT2D eigenvalue weighted by atomic mass is 32.1. The minimum absolute atomic E-state index is 0. The number of hydrogen-bond donors (Lipinski definition) is 0. The van der Waals surface area contributed by atoms with E-state index in [-0.39, 0.29) is 18.3 Å². The van der Waals surface area contributed by atoms with E-state index in [1.165, 1.54) is 32.0 Å². The molecule has 0 saturated heterocycles. The van der Waals surface area contributed by atoms with E-state index in [1.54, 1.807) is 0 Å². The Labute approximate surface area is 265 Å². The lowest BCUT2D eigenvalue weighted by atomic mass is 9.81. The van der Waals surface area contributed by atoms with Crippen molar-refractivity contribution in [2.75, 3.05) is 0 Å². The zero-order valence-corrected chi connectivity index (χ0v) is 31.1. The molecule has 2 heterocycles. The number of thiophene rings is 2. The molecule has 0 spiro atoms. The summed E-state index contributed by atoms with van der Waals surface area (Å²) in [6.07, 6.45) is 0. The Morgan fingerprint density at radius 2 is 0.634 bits per heavy atom. The molecule has 0 fully saturated rings. The number of rotatable bonds is 0. The Balaban J connectivity index is 0.000000579. The molecule has 0 atom stereocenters. The fourth-order valence-electron chi connectivity index (χ4n) is 3.70. The van der Waals surface area contributed by atoms with Gasteiger partial charge in [-0.3, -0.25) is 0 Å². The predicted octanol–water partition coefficient (Wildman–Crippen LogP) is 13.6. The molecular weight excluding hydrogens is 533 g/mol. The van der Waals surface area contributed by atoms with Crippen LogP contribution in [0.4, 0.5) is 0 Å². The summed E-state index contributed by atoms with van der Waals surface area (Å²) in [5, 5.41) is 4.58. The van der Waals surface area contributed by atoms with Crippen LogP contribution in [0.1, 0.15) is 164 Å². The van der Waals surface area contributed by atoms with E-state index >= 15 is 0 Å². The van der Waals surface area contributed by atoms with E-state index in [2.05, 4.69) is 172 Å². The molecule has 0 aliphatic heterocycles. The molecular formula is C39H66S2. The zero-order chi connectivity index (χ0) is 31.5. The Kier molecular flexibility index (Phi) is 13.5. The van der Waals surface area contributed by atoms with Crippen LogP contribution in [0.25, 0.3) is 0 Å². The first-order valence-electron chi connectivity index (χ1n) is 14.9. The highest BCUT2D eigenvalue weighted by molar-refractivity contribution is 7.10. The fourth-order valence-corrected chi connectivity index (χ4v) is 6.15. The minimum atomic E-state index is 0. The van der Waals surface area contributed by atoms with Crippen LogP contribution in [-0.2, 0) is 32.5 Å². The monoisotopic (exact) mass is 598 g/mol. The lowest BCUT2D eigenvalue weighted by Crippen LogP contribution is -2.15. The van der Waals surface area contributed by atoms with Gasteiger partial charge in [0.25, 0.3) is 0 Å². The highest BCUT2D eigenvalue weighted by Crippen LogP contribution is 2.35. The van der Waals surface area contributed by atoms with Gasteiger partial charge in [-0.1, -0.05) is 156 Å². The summed E-state index contributed by atoms with van der Waals surface area (Å²) in [4.78, 5) is 2.97. The molecule has 3 aromatic rings.